The van der Waals surface area contributed by atoms with Gasteiger partial charge in [-0.1, -0.05) is 41.4 Å². The van der Waals surface area contributed by atoms with Gasteiger partial charge in [0.15, 0.2) is 9.84 Å². The van der Waals surface area contributed by atoms with E-state index in [2.05, 4.69) is 0 Å². The minimum absolute atomic E-state index is 0.129. The Labute approximate surface area is 135 Å². The van der Waals surface area contributed by atoms with Crippen molar-refractivity contribution >= 4 is 21.4 Å². The maximum Gasteiger partial charge on any atom is 0.182 e. The number of aliphatic hydroxyl groups excluding tert-OH is 1. The van der Waals surface area contributed by atoms with E-state index in [1.54, 1.807) is 12.1 Å². The summed E-state index contributed by atoms with van der Waals surface area (Å²) in [6.45, 7) is 1.86. The average molecular weight is 337 g/mol. The van der Waals surface area contributed by atoms with Gasteiger partial charge in [0.2, 0.25) is 0 Å². The molecule has 3 unspecified atom stereocenters. The van der Waals surface area contributed by atoms with Crippen LogP contribution in [0.5, 0.6) is 0 Å². The molecule has 0 saturated heterocycles. The van der Waals surface area contributed by atoms with Crippen molar-refractivity contribution in [2.75, 3.05) is 6.61 Å². The lowest BCUT2D eigenvalue weighted by molar-refractivity contribution is 0.274. The van der Waals surface area contributed by atoms with Gasteiger partial charge >= 0.3 is 0 Å². The van der Waals surface area contributed by atoms with Crippen LogP contribution >= 0.6 is 11.6 Å². The van der Waals surface area contributed by atoms with Gasteiger partial charge in [0.1, 0.15) is 0 Å². The summed E-state index contributed by atoms with van der Waals surface area (Å²) in [7, 11) is -3.47. The zero-order valence-electron chi connectivity index (χ0n) is 12.1. The van der Waals surface area contributed by atoms with Gasteiger partial charge in [0.25, 0.3) is 0 Å². The number of sulfone groups is 1. The lowest BCUT2D eigenvalue weighted by Crippen LogP contribution is -2.11. The molecule has 3 nitrogen and oxygen atoms in total. The first-order chi connectivity index (χ1) is 10.4. The summed E-state index contributed by atoms with van der Waals surface area (Å²) in [5.74, 6) is -0.394. The molecule has 1 N–H and O–H groups in total. The van der Waals surface area contributed by atoms with Crippen molar-refractivity contribution in [1.82, 2.24) is 0 Å². The third-order valence-electron chi connectivity index (χ3n) is 4.27. The Balaban J connectivity index is 1.93. The third kappa shape index (κ3) is 2.67. The Kier molecular flexibility index (Phi) is 4.02. The summed E-state index contributed by atoms with van der Waals surface area (Å²) < 4.78 is 25.5. The summed E-state index contributed by atoms with van der Waals surface area (Å²) in [4.78, 5) is 0.259. The number of aliphatic hydroxyl groups is 1. The van der Waals surface area contributed by atoms with Crippen LogP contribution in [0.1, 0.15) is 17.0 Å². The molecule has 2 aromatic carbocycles. The molecule has 0 radical (unpaired) electrons. The third-order valence-corrected chi connectivity index (χ3v) is 6.81. The Morgan fingerprint density at radius 3 is 2.18 bits per heavy atom. The van der Waals surface area contributed by atoms with Crippen molar-refractivity contribution in [2.24, 2.45) is 5.92 Å². The minimum Gasteiger partial charge on any atom is -0.396 e. The highest BCUT2D eigenvalue weighted by atomic mass is 35.5. The quantitative estimate of drug-likeness (QED) is 0.932. The largest absolute Gasteiger partial charge is 0.396 e. The van der Waals surface area contributed by atoms with Gasteiger partial charge in [-0.2, -0.15) is 0 Å². The molecule has 3 rings (SSSR count). The van der Waals surface area contributed by atoms with Crippen LogP contribution < -0.4 is 0 Å². The van der Waals surface area contributed by atoms with Gasteiger partial charge in [-0.05, 0) is 36.8 Å². The normalized spacial score (nSPS) is 24.2. The van der Waals surface area contributed by atoms with E-state index in [0.29, 0.717) is 5.02 Å². The second kappa shape index (κ2) is 5.69. The maximum absolute atomic E-state index is 12.8. The number of halogens is 1. The van der Waals surface area contributed by atoms with Crippen LogP contribution in [0.25, 0.3) is 0 Å². The first kappa shape index (κ1) is 15.5. The second-order valence-electron chi connectivity index (χ2n) is 5.75. The van der Waals surface area contributed by atoms with Crippen molar-refractivity contribution in [1.29, 1.82) is 0 Å². The Hall–Kier alpha value is -1.36. The molecule has 1 fully saturated rings. The predicted octanol–water partition coefficient (Wildman–Crippen LogP) is 3.20. The van der Waals surface area contributed by atoms with Gasteiger partial charge in [-0.3, -0.25) is 0 Å². The van der Waals surface area contributed by atoms with E-state index in [-0.39, 0.29) is 23.3 Å². The molecule has 2 aromatic rings. The van der Waals surface area contributed by atoms with Gasteiger partial charge in [0, 0.05) is 23.5 Å². The van der Waals surface area contributed by atoms with Crippen LogP contribution in [0.15, 0.2) is 53.4 Å². The fourth-order valence-electron chi connectivity index (χ4n) is 2.99. The molecule has 0 aliphatic heterocycles. The van der Waals surface area contributed by atoms with Gasteiger partial charge in [-0.15, -0.1) is 0 Å². The smallest absolute Gasteiger partial charge is 0.182 e. The van der Waals surface area contributed by atoms with E-state index >= 15 is 0 Å². The summed E-state index contributed by atoms with van der Waals surface area (Å²) in [6, 6.07) is 14.0. The van der Waals surface area contributed by atoms with Crippen LogP contribution in [-0.2, 0) is 9.84 Å². The van der Waals surface area contributed by atoms with E-state index < -0.39 is 15.1 Å². The first-order valence-electron chi connectivity index (χ1n) is 7.12. The highest BCUT2D eigenvalue weighted by Gasteiger charge is 2.58. The zero-order valence-corrected chi connectivity index (χ0v) is 13.7. The number of aryl methyl sites for hydroxylation is 1. The van der Waals surface area contributed by atoms with Gasteiger partial charge in [0.05, 0.1) is 10.1 Å². The lowest BCUT2D eigenvalue weighted by atomic mass is 10.1. The van der Waals surface area contributed by atoms with E-state index in [9.17, 15) is 13.5 Å². The molecule has 0 spiro atoms. The highest BCUT2D eigenvalue weighted by Crippen LogP contribution is 2.53. The molecule has 0 amide bonds. The molecule has 1 aliphatic carbocycles. The summed E-state index contributed by atoms with van der Waals surface area (Å²) in [6.07, 6.45) is 0. The molecule has 22 heavy (non-hydrogen) atoms. The molecule has 0 aromatic heterocycles. The van der Waals surface area contributed by atoms with Crippen molar-refractivity contribution in [3.8, 4) is 0 Å². The molecule has 0 heterocycles. The van der Waals surface area contributed by atoms with Crippen molar-refractivity contribution in [3.63, 3.8) is 0 Å². The number of benzene rings is 2. The number of rotatable bonds is 4. The van der Waals surface area contributed by atoms with Crippen LogP contribution in [0.3, 0.4) is 0 Å². The van der Waals surface area contributed by atoms with E-state index in [4.69, 9.17) is 11.6 Å². The Morgan fingerprint density at radius 1 is 1.05 bits per heavy atom. The molecule has 3 atom stereocenters. The fourth-order valence-corrected chi connectivity index (χ4v) is 5.32. The summed E-state index contributed by atoms with van der Waals surface area (Å²) in [5.41, 5.74) is 2.09. The van der Waals surface area contributed by atoms with Crippen LogP contribution in [0, 0.1) is 12.8 Å². The molecular formula is C17H17ClO3S. The standard InChI is InChI=1S/C17H17ClO3S/c1-11-2-4-12(5-3-11)16-15(10-19)17(16)22(20,21)14-8-6-13(18)7-9-14/h2-9,15-17,19H,10H2,1H3. The minimum atomic E-state index is -3.47. The van der Waals surface area contributed by atoms with E-state index in [0.717, 1.165) is 11.1 Å². The lowest BCUT2D eigenvalue weighted by Gasteiger charge is -2.05. The van der Waals surface area contributed by atoms with Crippen LogP contribution in [-0.4, -0.2) is 25.4 Å². The molecular weight excluding hydrogens is 320 g/mol. The topological polar surface area (TPSA) is 54.4 Å². The average Bonchev–Trinajstić information content (AvgIpc) is 3.24. The predicted molar refractivity (Wildman–Crippen MR) is 86.9 cm³/mol. The molecule has 5 heteroatoms. The number of hydrogen-bond acceptors (Lipinski definition) is 3. The van der Waals surface area contributed by atoms with Crippen molar-refractivity contribution in [2.45, 2.75) is 23.0 Å². The molecule has 1 saturated carbocycles. The Bertz CT molecular complexity index is 767. The van der Waals surface area contributed by atoms with Crippen molar-refractivity contribution < 1.29 is 13.5 Å². The van der Waals surface area contributed by atoms with Crippen LogP contribution in [0.4, 0.5) is 0 Å². The van der Waals surface area contributed by atoms with E-state index in [1.165, 1.54) is 12.1 Å². The monoisotopic (exact) mass is 336 g/mol. The van der Waals surface area contributed by atoms with Crippen molar-refractivity contribution in [3.05, 3.63) is 64.7 Å². The molecule has 0 bridgehead atoms. The zero-order chi connectivity index (χ0) is 15.9. The molecule has 1 aliphatic rings. The SMILES string of the molecule is Cc1ccc(C2C(CO)C2S(=O)(=O)c2ccc(Cl)cc2)cc1. The first-order valence-corrected chi connectivity index (χ1v) is 9.04. The second-order valence-corrected chi connectivity index (χ2v) is 8.29. The van der Waals surface area contributed by atoms with Gasteiger partial charge < -0.3 is 5.11 Å². The van der Waals surface area contributed by atoms with Crippen LogP contribution in [0.2, 0.25) is 5.02 Å². The summed E-state index contributed by atoms with van der Waals surface area (Å²) >= 11 is 5.82. The summed E-state index contributed by atoms with van der Waals surface area (Å²) in [5, 5.41) is 9.47. The fraction of sp³-hybridized carbons (Fsp3) is 0.294. The highest BCUT2D eigenvalue weighted by molar-refractivity contribution is 7.92. The maximum atomic E-state index is 12.8. The van der Waals surface area contributed by atoms with Gasteiger partial charge in [-0.25, -0.2) is 8.42 Å². The van der Waals surface area contributed by atoms with E-state index in [1.807, 2.05) is 31.2 Å². The Morgan fingerprint density at radius 2 is 1.64 bits per heavy atom. The molecule has 116 valence electrons. The number of hydrogen-bond donors (Lipinski definition) is 1.